The molecule has 0 aromatic heterocycles. The van der Waals surface area contributed by atoms with E-state index in [4.69, 9.17) is 0 Å². The maximum atomic E-state index is 10.9. The Kier molecular flexibility index (Phi) is 2.53. The Labute approximate surface area is 84.5 Å². The Balaban J connectivity index is 2.39. The van der Waals surface area contributed by atoms with Gasteiger partial charge in [0, 0.05) is 12.2 Å². The predicted octanol–water partition coefficient (Wildman–Crippen LogP) is 2.03. The molecule has 14 heavy (non-hydrogen) atoms. The Morgan fingerprint density at radius 2 is 2.29 bits per heavy atom. The van der Waals surface area contributed by atoms with E-state index in [0.717, 1.165) is 25.7 Å². The van der Waals surface area contributed by atoms with Crippen molar-refractivity contribution in [3.05, 3.63) is 29.8 Å². The number of anilines is 1. The third-order valence-electron chi connectivity index (χ3n) is 2.91. The summed E-state index contributed by atoms with van der Waals surface area (Å²) in [4.78, 5) is 13.1. The molecule has 0 fully saturated rings. The van der Waals surface area contributed by atoms with Crippen LogP contribution in [0.3, 0.4) is 0 Å². The number of likely N-dealkylation sites (N-methyl/N-ethyl adjacent to an activating group) is 1. The maximum absolute atomic E-state index is 10.9. The van der Waals surface area contributed by atoms with E-state index in [1.165, 1.54) is 11.3 Å². The number of hydrogen-bond acceptors (Lipinski definition) is 2. The van der Waals surface area contributed by atoms with Gasteiger partial charge < -0.3 is 9.69 Å². The topological polar surface area (TPSA) is 20.3 Å². The number of carbonyl (C=O) groups is 1. The molecule has 1 atom stereocenters. The van der Waals surface area contributed by atoms with Crippen molar-refractivity contribution in [2.24, 2.45) is 0 Å². The summed E-state index contributed by atoms with van der Waals surface area (Å²) in [6.45, 7) is 3.00. The molecule has 0 radical (unpaired) electrons. The van der Waals surface area contributed by atoms with Crippen LogP contribution in [-0.4, -0.2) is 18.9 Å². The van der Waals surface area contributed by atoms with Gasteiger partial charge >= 0.3 is 0 Å². The predicted molar refractivity (Wildman–Crippen MR) is 57.6 cm³/mol. The summed E-state index contributed by atoms with van der Waals surface area (Å²) >= 11 is 0. The van der Waals surface area contributed by atoms with Crippen LogP contribution in [0.1, 0.15) is 18.9 Å². The van der Waals surface area contributed by atoms with Gasteiger partial charge in [-0.15, -0.1) is 0 Å². The van der Waals surface area contributed by atoms with Crippen LogP contribution >= 0.6 is 0 Å². The lowest BCUT2D eigenvalue weighted by molar-refractivity contribution is -0.109. The van der Waals surface area contributed by atoms with Crippen molar-refractivity contribution in [1.82, 2.24) is 0 Å². The first-order chi connectivity index (χ1) is 6.86. The Morgan fingerprint density at radius 1 is 1.50 bits per heavy atom. The Bertz CT molecular complexity index is 335. The van der Waals surface area contributed by atoms with Gasteiger partial charge in [-0.3, -0.25) is 0 Å². The second-order valence-electron chi connectivity index (χ2n) is 3.66. The van der Waals surface area contributed by atoms with E-state index in [1.54, 1.807) is 0 Å². The smallest absolute Gasteiger partial charge is 0.142 e. The van der Waals surface area contributed by atoms with E-state index in [-0.39, 0.29) is 6.04 Å². The van der Waals surface area contributed by atoms with Crippen molar-refractivity contribution >= 4 is 12.0 Å². The third kappa shape index (κ3) is 1.41. The lowest BCUT2D eigenvalue weighted by atomic mass is 9.96. The molecule has 0 saturated heterocycles. The SMILES string of the molecule is CCN1c2ccccc2CC[C@H]1C=O. The van der Waals surface area contributed by atoms with Crippen LogP contribution in [-0.2, 0) is 11.2 Å². The number of hydrogen-bond donors (Lipinski definition) is 0. The molecular formula is C12H15NO. The first-order valence-electron chi connectivity index (χ1n) is 5.16. The molecule has 74 valence electrons. The summed E-state index contributed by atoms with van der Waals surface area (Å²) in [5, 5.41) is 0. The lowest BCUT2D eigenvalue weighted by Crippen LogP contribution is -2.40. The number of aryl methyl sites for hydroxylation is 1. The molecule has 1 heterocycles. The van der Waals surface area contributed by atoms with Crippen molar-refractivity contribution in [1.29, 1.82) is 0 Å². The number of rotatable bonds is 2. The van der Waals surface area contributed by atoms with Crippen LogP contribution in [0.2, 0.25) is 0 Å². The first-order valence-corrected chi connectivity index (χ1v) is 5.16. The molecule has 2 heteroatoms. The third-order valence-corrected chi connectivity index (χ3v) is 2.91. The van der Waals surface area contributed by atoms with Crippen molar-refractivity contribution in [2.75, 3.05) is 11.4 Å². The van der Waals surface area contributed by atoms with Crippen molar-refractivity contribution < 1.29 is 4.79 Å². The van der Waals surface area contributed by atoms with Crippen LogP contribution in [0.15, 0.2) is 24.3 Å². The van der Waals surface area contributed by atoms with E-state index in [0.29, 0.717) is 0 Å². The maximum Gasteiger partial charge on any atom is 0.142 e. The standard InChI is InChI=1S/C12H15NO/c1-2-13-11(9-14)8-7-10-5-3-4-6-12(10)13/h3-6,9,11H,2,7-8H2,1H3/t11-/m0/s1. The zero-order chi connectivity index (χ0) is 9.97. The highest BCUT2D eigenvalue weighted by molar-refractivity contribution is 5.69. The van der Waals surface area contributed by atoms with Crippen molar-refractivity contribution in [3.8, 4) is 0 Å². The van der Waals surface area contributed by atoms with Gasteiger partial charge in [0.05, 0.1) is 6.04 Å². The molecule has 1 aromatic carbocycles. The fraction of sp³-hybridized carbons (Fsp3) is 0.417. The number of fused-ring (bicyclic) bond motifs is 1. The second kappa shape index (κ2) is 3.82. The Hall–Kier alpha value is -1.31. The van der Waals surface area contributed by atoms with Crippen LogP contribution in [0.5, 0.6) is 0 Å². The normalized spacial score (nSPS) is 20.4. The second-order valence-corrected chi connectivity index (χ2v) is 3.66. The summed E-state index contributed by atoms with van der Waals surface area (Å²) in [7, 11) is 0. The van der Waals surface area contributed by atoms with Gasteiger partial charge in [-0.1, -0.05) is 18.2 Å². The van der Waals surface area contributed by atoms with Crippen LogP contribution in [0, 0.1) is 0 Å². The molecule has 1 aromatic rings. The molecule has 1 aliphatic heterocycles. The number of para-hydroxylation sites is 1. The highest BCUT2D eigenvalue weighted by Gasteiger charge is 2.23. The van der Waals surface area contributed by atoms with E-state index >= 15 is 0 Å². The molecule has 2 nitrogen and oxygen atoms in total. The van der Waals surface area contributed by atoms with Crippen molar-refractivity contribution in [2.45, 2.75) is 25.8 Å². The first kappa shape index (κ1) is 9.25. The fourth-order valence-corrected chi connectivity index (χ4v) is 2.19. The molecule has 0 saturated carbocycles. The molecule has 0 amide bonds. The molecular weight excluding hydrogens is 174 g/mol. The van der Waals surface area contributed by atoms with Gasteiger partial charge in [-0.2, -0.15) is 0 Å². The fourth-order valence-electron chi connectivity index (χ4n) is 2.19. The molecule has 0 N–H and O–H groups in total. The van der Waals surface area contributed by atoms with Gasteiger partial charge in [-0.25, -0.2) is 0 Å². The molecule has 0 unspecified atom stereocenters. The number of nitrogens with zero attached hydrogens (tertiary/aromatic N) is 1. The van der Waals surface area contributed by atoms with Gasteiger partial charge in [0.2, 0.25) is 0 Å². The monoisotopic (exact) mass is 189 g/mol. The largest absolute Gasteiger partial charge is 0.362 e. The van der Waals surface area contributed by atoms with E-state index < -0.39 is 0 Å². The minimum Gasteiger partial charge on any atom is -0.362 e. The summed E-state index contributed by atoms with van der Waals surface area (Å²) < 4.78 is 0. The van der Waals surface area contributed by atoms with Crippen molar-refractivity contribution in [3.63, 3.8) is 0 Å². The van der Waals surface area contributed by atoms with E-state index in [2.05, 4.69) is 30.0 Å². The zero-order valence-electron chi connectivity index (χ0n) is 8.44. The van der Waals surface area contributed by atoms with E-state index in [1.807, 2.05) is 6.07 Å². The van der Waals surface area contributed by atoms with Gasteiger partial charge in [0.1, 0.15) is 6.29 Å². The van der Waals surface area contributed by atoms with E-state index in [9.17, 15) is 4.79 Å². The quantitative estimate of drug-likeness (QED) is 0.663. The highest BCUT2D eigenvalue weighted by Crippen LogP contribution is 2.29. The molecule has 0 bridgehead atoms. The molecule has 0 spiro atoms. The van der Waals surface area contributed by atoms with Crippen LogP contribution in [0.25, 0.3) is 0 Å². The average Bonchev–Trinajstić information content (AvgIpc) is 2.27. The Morgan fingerprint density at radius 3 is 3.00 bits per heavy atom. The average molecular weight is 189 g/mol. The highest BCUT2D eigenvalue weighted by atomic mass is 16.1. The van der Waals surface area contributed by atoms with Crippen LogP contribution < -0.4 is 4.90 Å². The molecule has 0 aliphatic carbocycles. The number of carbonyl (C=O) groups excluding carboxylic acids is 1. The minimum atomic E-state index is 0.0786. The van der Waals surface area contributed by atoms with Crippen LogP contribution in [0.4, 0.5) is 5.69 Å². The van der Waals surface area contributed by atoms with Gasteiger partial charge in [-0.05, 0) is 31.4 Å². The zero-order valence-corrected chi connectivity index (χ0v) is 8.44. The summed E-state index contributed by atoms with van der Waals surface area (Å²) in [6.07, 6.45) is 3.05. The summed E-state index contributed by atoms with van der Waals surface area (Å²) in [6, 6.07) is 8.44. The number of benzene rings is 1. The number of aldehydes is 1. The minimum absolute atomic E-state index is 0.0786. The summed E-state index contributed by atoms with van der Waals surface area (Å²) in [5.41, 5.74) is 2.60. The lowest BCUT2D eigenvalue weighted by Gasteiger charge is -2.35. The molecule has 1 aliphatic rings. The van der Waals surface area contributed by atoms with Gasteiger partial charge in [0.15, 0.2) is 0 Å². The molecule has 2 rings (SSSR count). The van der Waals surface area contributed by atoms with Gasteiger partial charge in [0.25, 0.3) is 0 Å². The summed E-state index contributed by atoms with van der Waals surface area (Å²) in [5.74, 6) is 0.